The first-order chi connectivity index (χ1) is 15.2. The van der Waals surface area contributed by atoms with Crippen LogP contribution in [0.1, 0.15) is 0 Å². The molecule has 0 fully saturated rings. The van der Waals surface area contributed by atoms with Gasteiger partial charge in [0.2, 0.25) is 5.95 Å². The number of anilines is 3. The molecule has 0 saturated heterocycles. The SMILES string of the molecule is COc1cccc(Nc2cc(-c3cccc(OC(F)(F)F)c3)nc(NCCN(C)C)n2)c1. The van der Waals surface area contributed by atoms with Crippen molar-refractivity contribution in [2.75, 3.05) is 44.9 Å². The third-order valence-corrected chi connectivity index (χ3v) is 4.27. The molecule has 7 nitrogen and oxygen atoms in total. The highest BCUT2D eigenvalue weighted by atomic mass is 19.4. The smallest absolute Gasteiger partial charge is 0.497 e. The minimum Gasteiger partial charge on any atom is -0.497 e. The first kappa shape index (κ1) is 23.1. The van der Waals surface area contributed by atoms with E-state index in [0.29, 0.717) is 35.3 Å². The summed E-state index contributed by atoms with van der Waals surface area (Å²) < 4.78 is 47.2. The largest absolute Gasteiger partial charge is 0.573 e. The van der Waals surface area contributed by atoms with Gasteiger partial charge in [-0.05, 0) is 38.4 Å². The maximum Gasteiger partial charge on any atom is 0.573 e. The summed E-state index contributed by atoms with van der Waals surface area (Å²) >= 11 is 0. The summed E-state index contributed by atoms with van der Waals surface area (Å²) in [7, 11) is 5.46. The van der Waals surface area contributed by atoms with Crippen LogP contribution < -0.4 is 20.1 Å². The number of benzene rings is 2. The number of halogens is 3. The van der Waals surface area contributed by atoms with E-state index in [0.717, 1.165) is 12.2 Å². The van der Waals surface area contributed by atoms with Gasteiger partial charge in [-0.1, -0.05) is 18.2 Å². The number of hydrogen-bond acceptors (Lipinski definition) is 7. The van der Waals surface area contributed by atoms with Gasteiger partial charge in [-0.15, -0.1) is 13.2 Å². The molecule has 170 valence electrons. The average molecular weight is 447 g/mol. The van der Waals surface area contributed by atoms with Gasteiger partial charge in [0.1, 0.15) is 17.3 Å². The second-order valence-corrected chi connectivity index (χ2v) is 7.12. The zero-order chi connectivity index (χ0) is 23.1. The highest BCUT2D eigenvalue weighted by Gasteiger charge is 2.31. The molecule has 32 heavy (non-hydrogen) atoms. The molecular formula is C22H24F3N5O2. The van der Waals surface area contributed by atoms with Crippen LogP contribution >= 0.6 is 0 Å². The average Bonchev–Trinajstić information content (AvgIpc) is 2.72. The van der Waals surface area contributed by atoms with Crippen LogP contribution in [0.25, 0.3) is 11.3 Å². The number of aromatic nitrogens is 2. The fourth-order valence-electron chi connectivity index (χ4n) is 2.83. The lowest BCUT2D eigenvalue weighted by molar-refractivity contribution is -0.274. The topological polar surface area (TPSA) is 71.5 Å². The predicted molar refractivity (Wildman–Crippen MR) is 117 cm³/mol. The van der Waals surface area contributed by atoms with Crippen molar-refractivity contribution >= 4 is 17.5 Å². The molecule has 0 aliphatic carbocycles. The Kier molecular flexibility index (Phi) is 7.37. The number of rotatable bonds is 9. The van der Waals surface area contributed by atoms with Gasteiger partial charge >= 0.3 is 6.36 Å². The van der Waals surface area contributed by atoms with Crippen molar-refractivity contribution in [3.05, 3.63) is 54.6 Å². The van der Waals surface area contributed by atoms with Gasteiger partial charge in [-0.2, -0.15) is 4.98 Å². The van der Waals surface area contributed by atoms with E-state index >= 15 is 0 Å². The number of alkyl halides is 3. The summed E-state index contributed by atoms with van der Waals surface area (Å²) in [5.41, 5.74) is 1.63. The van der Waals surface area contributed by atoms with E-state index < -0.39 is 6.36 Å². The van der Waals surface area contributed by atoms with Crippen molar-refractivity contribution in [2.24, 2.45) is 0 Å². The molecule has 2 N–H and O–H groups in total. The molecule has 0 aliphatic heterocycles. The Labute approximate surface area is 184 Å². The summed E-state index contributed by atoms with van der Waals surface area (Å²) in [4.78, 5) is 11.0. The number of nitrogens with one attached hydrogen (secondary N) is 2. The highest BCUT2D eigenvalue weighted by Crippen LogP contribution is 2.29. The molecule has 3 rings (SSSR count). The molecule has 0 spiro atoms. The van der Waals surface area contributed by atoms with Crippen molar-refractivity contribution < 1.29 is 22.6 Å². The minimum absolute atomic E-state index is 0.321. The third-order valence-electron chi connectivity index (χ3n) is 4.27. The van der Waals surface area contributed by atoms with E-state index in [9.17, 15) is 13.2 Å². The van der Waals surface area contributed by atoms with E-state index in [4.69, 9.17) is 4.74 Å². The Balaban J connectivity index is 1.93. The third kappa shape index (κ3) is 7.02. The lowest BCUT2D eigenvalue weighted by Gasteiger charge is -2.14. The standard InChI is InChI=1S/C22H24F3N5O2/c1-30(2)11-10-26-21-28-19(15-6-4-9-18(12-15)32-22(23,24)25)14-20(29-21)27-16-7-5-8-17(13-16)31-3/h4-9,12-14H,10-11H2,1-3H3,(H2,26,27,28,29). The van der Waals surface area contributed by atoms with Gasteiger partial charge in [0.25, 0.3) is 0 Å². The maximum absolute atomic E-state index is 12.6. The Morgan fingerprint density at radius 3 is 2.44 bits per heavy atom. The van der Waals surface area contributed by atoms with Gasteiger partial charge in [0, 0.05) is 36.5 Å². The first-order valence-electron chi connectivity index (χ1n) is 9.77. The van der Waals surface area contributed by atoms with E-state index in [1.165, 1.54) is 18.2 Å². The summed E-state index contributed by atoms with van der Waals surface area (Å²) in [5.74, 6) is 1.17. The predicted octanol–water partition coefficient (Wildman–Crippen LogP) is 4.77. The van der Waals surface area contributed by atoms with Gasteiger partial charge < -0.3 is 25.0 Å². The van der Waals surface area contributed by atoms with Crippen molar-refractivity contribution in [2.45, 2.75) is 6.36 Å². The van der Waals surface area contributed by atoms with Crippen molar-refractivity contribution in [3.8, 4) is 22.8 Å². The summed E-state index contributed by atoms with van der Waals surface area (Å²) in [5, 5.41) is 6.34. The molecule has 2 aromatic carbocycles. The molecule has 0 unspecified atom stereocenters. The Bertz CT molecular complexity index is 1040. The second kappa shape index (κ2) is 10.2. The van der Waals surface area contributed by atoms with Crippen LogP contribution in [0.5, 0.6) is 11.5 Å². The molecule has 0 bridgehead atoms. The maximum atomic E-state index is 12.6. The first-order valence-corrected chi connectivity index (χ1v) is 9.77. The number of methoxy groups -OCH3 is 1. The zero-order valence-corrected chi connectivity index (χ0v) is 17.9. The number of hydrogen-bond donors (Lipinski definition) is 2. The Morgan fingerprint density at radius 2 is 1.72 bits per heavy atom. The van der Waals surface area contributed by atoms with Crippen LogP contribution in [-0.4, -0.2) is 55.5 Å². The van der Waals surface area contributed by atoms with Crippen LogP contribution in [0.4, 0.5) is 30.6 Å². The van der Waals surface area contributed by atoms with Crippen molar-refractivity contribution in [1.82, 2.24) is 14.9 Å². The van der Waals surface area contributed by atoms with Crippen LogP contribution in [0.3, 0.4) is 0 Å². The van der Waals surface area contributed by atoms with Crippen LogP contribution in [0, 0.1) is 0 Å². The summed E-state index contributed by atoms with van der Waals surface area (Å²) in [6, 6.07) is 14.6. The van der Waals surface area contributed by atoms with Gasteiger partial charge in [-0.25, -0.2) is 4.98 Å². The van der Waals surface area contributed by atoms with E-state index in [2.05, 4.69) is 25.3 Å². The quantitative estimate of drug-likeness (QED) is 0.490. The van der Waals surface area contributed by atoms with E-state index in [-0.39, 0.29) is 5.75 Å². The number of nitrogens with zero attached hydrogens (tertiary/aromatic N) is 3. The molecule has 3 aromatic rings. The summed E-state index contributed by atoms with van der Waals surface area (Å²) in [6.07, 6.45) is -4.78. The normalized spacial score (nSPS) is 11.3. The van der Waals surface area contributed by atoms with Gasteiger partial charge in [0.05, 0.1) is 12.8 Å². The Hall–Kier alpha value is -3.53. The van der Waals surface area contributed by atoms with Gasteiger partial charge in [0.15, 0.2) is 0 Å². The summed E-state index contributed by atoms with van der Waals surface area (Å²) in [6.45, 7) is 1.34. The molecule has 10 heteroatoms. The number of likely N-dealkylation sites (N-methyl/N-ethyl adjacent to an activating group) is 1. The van der Waals surface area contributed by atoms with Crippen LogP contribution in [-0.2, 0) is 0 Å². The molecule has 1 aromatic heterocycles. The van der Waals surface area contributed by atoms with Gasteiger partial charge in [-0.3, -0.25) is 0 Å². The minimum atomic E-state index is -4.78. The van der Waals surface area contributed by atoms with Crippen LogP contribution in [0.15, 0.2) is 54.6 Å². The van der Waals surface area contributed by atoms with Crippen molar-refractivity contribution in [3.63, 3.8) is 0 Å². The molecule has 0 aliphatic rings. The lowest BCUT2D eigenvalue weighted by atomic mass is 10.1. The van der Waals surface area contributed by atoms with E-state index in [1.54, 1.807) is 25.3 Å². The van der Waals surface area contributed by atoms with Crippen molar-refractivity contribution in [1.29, 1.82) is 0 Å². The molecule has 0 radical (unpaired) electrons. The molecular weight excluding hydrogens is 423 g/mol. The van der Waals surface area contributed by atoms with Crippen LogP contribution in [0.2, 0.25) is 0 Å². The molecule has 0 atom stereocenters. The second-order valence-electron chi connectivity index (χ2n) is 7.12. The monoisotopic (exact) mass is 447 g/mol. The fourth-order valence-corrected chi connectivity index (χ4v) is 2.83. The zero-order valence-electron chi connectivity index (χ0n) is 17.9. The fraction of sp³-hybridized carbons (Fsp3) is 0.273. The lowest BCUT2D eigenvalue weighted by Crippen LogP contribution is -2.21. The molecule has 0 amide bonds. The highest BCUT2D eigenvalue weighted by molar-refractivity contribution is 5.68. The Morgan fingerprint density at radius 1 is 0.969 bits per heavy atom. The number of ether oxygens (including phenoxy) is 2. The molecule has 1 heterocycles. The molecule has 0 saturated carbocycles. The van der Waals surface area contributed by atoms with E-state index in [1.807, 2.05) is 37.2 Å².